The van der Waals surface area contributed by atoms with E-state index in [1.165, 1.54) is 37.8 Å². The fourth-order valence-electron chi connectivity index (χ4n) is 3.16. The zero-order valence-corrected chi connectivity index (χ0v) is 14.0. The summed E-state index contributed by atoms with van der Waals surface area (Å²) in [4.78, 5) is 9.04. The molecule has 1 saturated heterocycles. The number of piperazine rings is 1. The Labute approximate surface area is 138 Å². The summed E-state index contributed by atoms with van der Waals surface area (Å²) in [5.41, 5.74) is 1.10. The van der Waals surface area contributed by atoms with Crippen LogP contribution in [0.15, 0.2) is 29.3 Å². The second kappa shape index (κ2) is 7.66. The highest BCUT2D eigenvalue weighted by Crippen LogP contribution is 2.33. The van der Waals surface area contributed by atoms with Crippen LogP contribution in [0.25, 0.3) is 0 Å². The van der Waals surface area contributed by atoms with Gasteiger partial charge in [-0.2, -0.15) is 0 Å². The number of hydrogen-bond acceptors (Lipinski definition) is 2. The van der Waals surface area contributed by atoms with Crippen LogP contribution >= 0.6 is 0 Å². The van der Waals surface area contributed by atoms with Gasteiger partial charge in [-0.25, -0.2) is 4.39 Å². The third kappa shape index (κ3) is 4.60. The van der Waals surface area contributed by atoms with E-state index < -0.39 is 0 Å². The van der Waals surface area contributed by atoms with Crippen molar-refractivity contribution < 1.29 is 4.39 Å². The van der Waals surface area contributed by atoms with Crippen LogP contribution in [0.1, 0.15) is 25.7 Å². The van der Waals surface area contributed by atoms with Gasteiger partial charge in [-0.05, 0) is 43.0 Å². The van der Waals surface area contributed by atoms with Crippen LogP contribution < -0.4 is 10.2 Å². The molecule has 0 radical (unpaired) electrons. The molecular formula is C18H27FN4. The van der Waals surface area contributed by atoms with Gasteiger partial charge >= 0.3 is 0 Å². The van der Waals surface area contributed by atoms with Crippen molar-refractivity contribution in [2.75, 3.05) is 44.7 Å². The first kappa shape index (κ1) is 16.1. The number of rotatable bonds is 5. The Bertz CT molecular complexity index is 516. The summed E-state index contributed by atoms with van der Waals surface area (Å²) in [5.74, 6) is 1.83. The van der Waals surface area contributed by atoms with E-state index in [1.54, 1.807) is 0 Å². The summed E-state index contributed by atoms with van der Waals surface area (Å²) < 4.78 is 13.0. The van der Waals surface area contributed by atoms with E-state index >= 15 is 0 Å². The van der Waals surface area contributed by atoms with Gasteiger partial charge in [-0.15, -0.1) is 0 Å². The predicted molar refractivity (Wildman–Crippen MR) is 93.5 cm³/mol. The maximum atomic E-state index is 13.0. The van der Waals surface area contributed by atoms with Gasteiger partial charge in [0, 0.05) is 45.5 Å². The Morgan fingerprint density at radius 3 is 2.48 bits per heavy atom. The third-order valence-electron chi connectivity index (χ3n) is 4.75. The molecular weight excluding hydrogens is 291 g/mol. The molecule has 1 aromatic rings. The molecule has 126 valence electrons. The smallest absolute Gasteiger partial charge is 0.193 e. The lowest BCUT2D eigenvalue weighted by Gasteiger charge is -2.37. The summed E-state index contributed by atoms with van der Waals surface area (Å²) in [6.45, 7) is 4.78. The molecule has 0 spiro atoms. The van der Waals surface area contributed by atoms with Gasteiger partial charge in [0.25, 0.3) is 0 Å². The van der Waals surface area contributed by atoms with Gasteiger partial charge < -0.3 is 15.1 Å². The molecule has 4 nitrogen and oxygen atoms in total. The van der Waals surface area contributed by atoms with E-state index in [1.807, 2.05) is 19.2 Å². The lowest BCUT2D eigenvalue weighted by Crippen LogP contribution is -2.52. The monoisotopic (exact) mass is 318 g/mol. The summed E-state index contributed by atoms with van der Waals surface area (Å²) in [6, 6.07) is 6.77. The fourth-order valence-corrected chi connectivity index (χ4v) is 3.16. The number of nitrogens with zero attached hydrogens (tertiary/aromatic N) is 3. The predicted octanol–water partition coefficient (Wildman–Crippen LogP) is 2.71. The van der Waals surface area contributed by atoms with E-state index in [0.29, 0.717) is 0 Å². The number of hydrogen-bond donors (Lipinski definition) is 1. The van der Waals surface area contributed by atoms with Crippen molar-refractivity contribution in [2.24, 2.45) is 10.9 Å². The molecule has 2 aliphatic rings. The molecule has 0 bridgehead atoms. The van der Waals surface area contributed by atoms with Crippen molar-refractivity contribution in [1.29, 1.82) is 0 Å². The van der Waals surface area contributed by atoms with Gasteiger partial charge in [-0.3, -0.25) is 4.99 Å². The van der Waals surface area contributed by atoms with Crippen LogP contribution in [-0.2, 0) is 0 Å². The molecule has 0 atom stereocenters. The Hall–Kier alpha value is -1.78. The van der Waals surface area contributed by atoms with Crippen LogP contribution in [0.5, 0.6) is 0 Å². The molecule has 1 aliphatic heterocycles. The lowest BCUT2D eigenvalue weighted by molar-refractivity contribution is 0.372. The van der Waals surface area contributed by atoms with Gasteiger partial charge in [0.15, 0.2) is 5.96 Å². The molecule has 1 heterocycles. The zero-order valence-electron chi connectivity index (χ0n) is 14.0. The molecule has 2 fully saturated rings. The number of benzene rings is 1. The van der Waals surface area contributed by atoms with Crippen molar-refractivity contribution in [3.05, 3.63) is 30.1 Å². The number of aliphatic imine (C=N–C) groups is 1. The average Bonchev–Trinajstić information content (AvgIpc) is 3.40. The minimum absolute atomic E-state index is 0.178. The van der Waals surface area contributed by atoms with Gasteiger partial charge in [0.05, 0.1) is 0 Å². The highest BCUT2D eigenvalue weighted by molar-refractivity contribution is 5.80. The van der Waals surface area contributed by atoms with Crippen molar-refractivity contribution in [3.8, 4) is 0 Å². The first-order chi connectivity index (χ1) is 11.3. The zero-order chi connectivity index (χ0) is 16.1. The van der Waals surface area contributed by atoms with Crippen molar-refractivity contribution >= 4 is 11.6 Å². The van der Waals surface area contributed by atoms with Crippen LogP contribution in [0, 0.1) is 11.7 Å². The molecule has 0 unspecified atom stereocenters. The summed E-state index contributed by atoms with van der Waals surface area (Å²) in [5, 5.41) is 3.49. The van der Waals surface area contributed by atoms with Crippen molar-refractivity contribution in [3.63, 3.8) is 0 Å². The van der Waals surface area contributed by atoms with E-state index in [-0.39, 0.29) is 5.82 Å². The Morgan fingerprint density at radius 1 is 1.17 bits per heavy atom. The molecule has 0 aromatic heterocycles. The first-order valence-corrected chi connectivity index (χ1v) is 8.72. The van der Waals surface area contributed by atoms with Gasteiger partial charge in [-0.1, -0.05) is 12.8 Å². The molecule has 1 aliphatic carbocycles. The number of anilines is 1. The van der Waals surface area contributed by atoms with E-state index in [2.05, 4.69) is 20.1 Å². The molecule has 0 amide bonds. The first-order valence-electron chi connectivity index (χ1n) is 8.72. The standard InChI is InChI=1S/C18H27FN4/c1-20-18(21-10-2-3-15-4-5-15)23-13-11-22(12-14-23)17-8-6-16(19)7-9-17/h6-9,15H,2-5,10-14H2,1H3,(H,20,21). The van der Waals surface area contributed by atoms with E-state index in [4.69, 9.17) is 0 Å². The SMILES string of the molecule is CN=C(NCCCC1CC1)N1CCN(c2ccc(F)cc2)CC1. The largest absolute Gasteiger partial charge is 0.368 e. The summed E-state index contributed by atoms with van der Waals surface area (Å²) in [6.07, 6.45) is 5.45. The average molecular weight is 318 g/mol. The minimum atomic E-state index is -0.178. The molecule has 1 saturated carbocycles. The molecule has 3 rings (SSSR count). The molecule has 1 N–H and O–H groups in total. The molecule has 5 heteroatoms. The number of nitrogens with one attached hydrogen (secondary N) is 1. The second-order valence-corrected chi connectivity index (χ2v) is 6.51. The Balaban J connectivity index is 1.43. The fraction of sp³-hybridized carbons (Fsp3) is 0.611. The van der Waals surface area contributed by atoms with Crippen molar-refractivity contribution in [1.82, 2.24) is 10.2 Å². The maximum Gasteiger partial charge on any atom is 0.193 e. The quantitative estimate of drug-likeness (QED) is 0.514. The second-order valence-electron chi connectivity index (χ2n) is 6.51. The van der Waals surface area contributed by atoms with Gasteiger partial charge in [0.2, 0.25) is 0 Å². The van der Waals surface area contributed by atoms with Crippen molar-refractivity contribution in [2.45, 2.75) is 25.7 Å². The number of guanidine groups is 1. The normalized spacial score (nSPS) is 19.1. The minimum Gasteiger partial charge on any atom is -0.368 e. The van der Waals surface area contributed by atoms with E-state index in [9.17, 15) is 4.39 Å². The topological polar surface area (TPSA) is 30.9 Å². The highest BCUT2D eigenvalue weighted by atomic mass is 19.1. The lowest BCUT2D eigenvalue weighted by atomic mass is 10.2. The van der Waals surface area contributed by atoms with Crippen LogP contribution in [-0.4, -0.2) is 50.6 Å². The summed E-state index contributed by atoms with van der Waals surface area (Å²) in [7, 11) is 1.86. The highest BCUT2D eigenvalue weighted by Gasteiger charge is 2.21. The Morgan fingerprint density at radius 2 is 1.87 bits per heavy atom. The van der Waals surface area contributed by atoms with E-state index in [0.717, 1.165) is 50.3 Å². The molecule has 23 heavy (non-hydrogen) atoms. The van der Waals surface area contributed by atoms with Gasteiger partial charge in [0.1, 0.15) is 5.82 Å². The number of halogens is 1. The maximum absolute atomic E-state index is 13.0. The van der Waals surface area contributed by atoms with Crippen LogP contribution in [0.3, 0.4) is 0 Å². The summed E-state index contributed by atoms with van der Waals surface area (Å²) >= 11 is 0. The third-order valence-corrected chi connectivity index (χ3v) is 4.75. The van der Waals surface area contributed by atoms with Crippen LogP contribution in [0.4, 0.5) is 10.1 Å². The molecule has 1 aromatic carbocycles. The Kier molecular flexibility index (Phi) is 5.36. The van der Waals surface area contributed by atoms with Crippen LogP contribution in [0.2, 0.25) is 0 Å².